The van der Waals surface area contributed by atoms with Crippen molar-refractivity contribution in [3.8, 4) is 0 Å². The van der Waals surface area contributed by atoms with Crippen LogP contribution in [-0.4, -0.2) is 48.4 Å². The Balaban J connectivity index is 2.12. The third kappa shape index (κ3) is 4.50. The molecule has 2 rings (SSSR count). The first kappa shape index (κ1) is 19.2. The maximum Gasteiger partial charge on any atom is 0.332 e. The molecule has 0 unspecified atom stereocenters. The van der Waals surface area contributed by atoms with Crippen LogP contribution in [0, 0.1) is 5.92 Å². The van der Waals surface area contributed by atoms with E-state index < -0.39 is 0 Å². The van der Waals surface area contributed by atoms with Crippen molar-refractivity contribution in [2.45, 2.75) is 32.7 Å². The van der Waals surface area contributed by atoms with E-state index in [1.165, 1.54) is 13.1 Å². The molecule has 1 saturated heterocycles. The zero-order chi connectivity index (χ0) is 18.4. The normalized spacial score (nSPS) is 17.6. The van der Waals surface area contributed by atoms with Crippen molar-refractivity contribution in [2.75, 3.05) is 38.3 Å². The lowest BCUT2D eigenvalue weighted by molar-refractivity contribution is -0.125. The molecule has 1 aliphatic rings. The molecule has 0 spiro atoms. The second-order valence-electron chi connectivity index (χ2n) is 6.35. The summed E-state index contributed by atoms with van der Waals surface area (Å²) >= 11 is 0. The first-order chi connectivity index (χ1) is 12.0. The summed E-state index contributed by atoms with van der Waals surface area (Å²) in [5.41, 5.74) is -0.646. The van der Waals surface area contributed by atoms with E-state index in [9.17, 15) is 14.4 Å². The topological polar surface area (TPSA) is 85.6 Å². The van der Waals surface area contributed by atoms with Gasteiger partial charge in [-0.25, -0.2) is 4.79 Å². The molecule has 8 nitrogen and oxygen atoms in total. The van der Waals surface area contributed by atoms with Crippen LogP contribution in [0.2, 0.25) is 0 Å². The number of piperidine rings is 1. The fourth-order valence-corrected chi connectivity index (χ4v) is 3.19. The minimum Gasteiger partial charge on any atom is -0.385 e. The molecule has 25 heavy (non-hydrogen) atoms. The molecule has 140 valence electrons. The summed E-state index contributed by atoms with van der Waals surface area (Å²) in [4.78, 5) is 38.7. The van der Waals surface area contributed by atoms with Gasteiger partial charge >= 0.3 is 5.69 Å². The van der Waals surface area contributed by atoms with Crippen molar-refractivity contribution in [1.29, 1.82) is 0 Å². The molecular formula is C17H28N4O4. The minimum absolute atomic E-state index is 0.0232. The van der Waals surface area contributed by atoms with Gasteiger partial charge in [0.05, 0.1) is 5.92 Å². The Morgan fingerprint density at radius 1 is 1.40 bits per heavy atom. The van der Waals surface area contributed by atoms with Gasteiger partial charge in [-0.2, -0.15) is 0 Å². The molecule has 0 aromatic carbocycles. The Bertz CT molecular complexity index is 710. The van der Waals surface area contributed by atoms with Crippen molar-refractivity contribution in [3.63, 3.8) is 0 Å². The number of hydrogen-bond donors (Lipinski definition) is 1. The maximum absolute atomic E-state index is 12.4. The zero-order valence-electron chi connectivity index (χ0n) is 15.3. The van der Waals surface area contributed by atoms with E-state index in [2.05, 4.69) is 5.32 Å². The van der Waals surface area contributed by atoms with E-state index in [1.807, 2.05) is 11.8 Å². The summed E-state index contributed by atoms with van der Waals surface area (Å²) in [6, 6.07) is 1.49. The number of ether oxygens (including phenoxy) is 1. The first-order valence-electron chi connectivity index (χ1n) is 8.82. The largest absolute Gasteiger partial charge is 0.385 e. The van der Waals surface area contributed by atoms with Gasteiger partial charge in [0.25, 0.3) is 5.56 Å². The van der Waals surface area contributed by atoms with Crippen LogP contribution >= 0.6 is 0 Å². The lowest BCUT2D eigenvalue weighted by atomic mass is 9.97. The summed E-state index contributed by atoms with van der Waals surface area (Å²) in [7, 11) is 3.12. The predicted octanol–water partition coefficient (Wildman–Crippen LogP) is -0.0640. The Labute approximate surface area is 147 Å². The van der Waals surface area contributed by atoms with Gasteiger partial charge in [-0.1, -0.05) is 0 Å². The maximum atomic E-state index is 12.4. The highest BCUT2D eigenvalue weighted by Gasteiger charge is 2.27. The molecule has 1 aromatic heterocycles. The van der Waals surface area contributed by atoms with Crippen molar-refractivity contribution >= 4 is 11.7 Å². The van der Waals surface area contributed by atoms with Gasteiger partial charge in [0, 0.05) is 53.0 Å². The number of rotatable bonds is 7. The van der Waals surface area contributed by atoms with E-state index in [-0.39, 0.29) is 23.1 Å². The van der Waals surface area contributed by atoms with Crippen LogP contribution in [0.4, 0.5) is 5.82 Å². The number of nitrogens with one attached hydrogen (secondary N) is 1. The van der Waals surface area contributed by atoms with Crippen molar-refractivity contribution in [3.05, 3.63) is 26.9 Å². The number of carbonyl (C=O) groups excluding carboxylic acids is 1. The molecule has 1 N–H and O–H groups in total. The van der Waals surface area contributed by atoms with Crippen molar-refractivity contribution in [1.82, 2.24) is 14.5 Å². The average Bonchev–Trinajstić information content (AvgIpc) is 2.63. The average molecular weight is 352 g/mol. The molecule has 1 amide bonds. The van der Waals surface area contributed by atoms with E-state index in [0.29, 0.717) is 32.1 Å². The van der Waals surface area contributed by atoms with Crippen LogP contribution in [0.25, 0.3) is 0 Å². The van der Waals surface area contributed by atoms with Gasteiger partial charge in [0.1, 0.15) is 5.82 Å². The quantitative estimate of drug-likeness (QED) is 0.695. The zero-order valence-corrected chi connectivity index (χ0v) is 15.3. The Kier molecular flexibility index (Phi) is 6.81. The van der Waals surface area contributed by atoms with Crippen LogP contribution < -0.4 is 21.5 Å². The predicted molar refractivity (Wildman–Crippen MR) is 96.1 cm³/mol. The fourth-order valence-electron chi connectivity index (χ4n) is 3.19. The number of aromatic nitrogens is 2. The molecule has 1 atom stereocenters. The van der Waals surface area contributed by atoms with Gasteiger partial charge in [-0.15, -0.1) is 0 Å². The SMILES string of the molecule is CCn1c(N2CCC[C@H](C(=O)NCCCOC)C2)cc(=O)n(C)c1=O. The molecule has 0 bridgehead atoms. The number of hydrogen-bond acceptors (Lipinski definition) is 5. The number of methoxy groups -OCH3 is 1. The van der Waals surface area contributed by atoms with Crippen LogP contribution in [0.3, 0.4) is 0 Å². The highest BCUT2D eigenvalue weighted by atomic mass is 16.5. The summed E-state index contributed by atoms with van der Waals surface area (Å²) < 4.78 is 7.67. The molecule has 0 aliphatic carbocycles. The molecule has 0 saturated carbocycles. The van der Waals surface area contributed by atoms with E-state index >= 15 is 0 Å². The molecule has 1 aliphatic heterocycles. The van der Waals surface area contributed by atoms with Gasteiger partial charge in [0.2, 0.25) is 5.91 Å². The highest BCUT2D eigenvalue weighted by Crippen LogP contribution is 2.21. The summed E-state index contributed by atoms with van der Waals surface area (Å²) in [6.45, 7) is 4.82. The molecular weight excluding hydrogens is 324 g/mol. The molecule has 1 aromatic rings. The van der Waals surface area contributed by atoms with Gasteiger partial charge < -0.3 is 15.0 Å². The summed E-state index contributed by atoms with van der Waals surface area (Å²) in [5, 5.41) is 2.94. The monoisotopic (exact) mass is 352 g/mol. The third-order valence-electron chi connectivity index (χ3n) is 4.63. The van der Waals surface area contributed by atoms with Crippen LogP contribution in [0.15, 0.2) is 15.7 Å². The minimum atomic E-state index is -0.323. The fraction of sp³-hybridized carbons (Fsp3) is 0.706. The Morgan fingerprint density at radius 2 is 2.16 bits per heavy atom. The summed E-state index contributed by atoms with van der Waals surface area (Å²) in [6.07, 6.45) is 2.44. The molecule has 8 heteroatoms. The van der Waals surface area contributed by atoms with Crippen molar-refractivity contribution in [2.24, 2.45) is 13.0 Å². The van der Waals surface area contributed by atoms with E-state index in [4.69, 9.17) is 4.74 Å². The lowest BCUT2D eigenvalue weighted by Gasteiger charge is -2.34. The van der Waals surface area contributed by atoms with Gasteiger partial charge in [-0.05, 0) is 26.2 Å². The standard InChI is InChI=1S/C17H28N4O4/c1-4-21-14(11-15(22)19(2)17(21)24)20-9-5-7-13(12-20)16(23)18-8-6-10-25-3/h11,13H,4-10,12H2,1-3H3,(H,18,23)/t13-/m0/s1. The van der Waals surface area contributed by atoms with E-state index in [0.717, 1.165) is 30.4 Å². The second-order valence-corrected chi connectivity index (χ2v) is 6.35. The molecule has 1 fully saturated rings. The third-order valence-corrected chi connectivity index (χ3v) is 4.63. The number of carbonyl (C=O) groups is 1. The van der Waals surface area contributed by atoms with Crippen LogP contribution in [0.5, 0.6) is 0 Å². The smallest absolute Gasteiger partial charge is 0.332 e. The van der Waals surface area contributed by atoms with Gasteiger partial charge in [0.15, 0.2) is 0 Å². The van der Waals surface area contributed by atoms with Crippen molar-refractivity contribution < 1.29 is 9.53 Å². The van der Waals surface area contributed by atoms with E-state index in [1.54, 1.807) is 11.7 Å². The Hall–Kier alpha value is -2.09. The number of anilines is 1. The number of amides is 1. The van der Waals surface area contributed by atoms with Crippen LogP contribution in [0.1, 0.15) is 26.2 Å². The number of nitrogens with zero attached hydrogens (tertiary/aromatic N) is 3. The van der Waals surface area contributed by atoms with Gasteiger partial charge in [-0.3, -0.25) is 18.7 Å². The molecule has 2 heterocycles. The lowest BCUT2D eigenvalue weighted by Crippen LogP contribution is -2.47. The highest BCUT2D eigenvalue weighted by molar-refractivity contribution is 5.79. The molecule has 0 radical (unpaired) electrons. The first-order valence-corrected chi connectivity index (χ1v) is 8.82. The van der Waals surface area contributed by atoms with Crippen LogP contribution in [-0.2, 0) is 23.1 Å². The Morgan fingerprint density at radius 3 is 2.84 bits per heavy atom. The second kappa shape index (κ2) is 8.84. The summed E-state index contributed by atoms with van der Waals surface area (Å²) in [5.74, 6) is 0.489.